The summed E-state index contributed by atoms with van der Waals surface area (Å²) in [6, 6.07) is 7.64. The van der Waals surface area contributed by atoms with Gasteiger partial charge in [0.15, 0.2) is 11.4 Å². The molecule has 1 fully saturated rings. The van der Waals surface area contributed by atoms with Crippen molar-refractivity contribution in [3.8, 4) is 16.9 Å². The number of Topliss-reactive ketones (excluding diaryl/α,β-unsaturated/α-hetero) is 2. The van der Waals surface area contributed by atoms with Crippen molar-refractivity contribution < 1.29 is 39.2 Å². The van der Waals surface area contributed by atoms with E-state index in [9.17, 15) is 39.2 Å². The number of primary amides is 1. The first kappa shape index (κ1) is 25.6. The number of halogens is 1. The Bertz CT molecular complexity index is 1490. The number of aliphatic hydroxyl groups is 3. The molecule has 6 N–H and O–H groups in total. The highest BCUT2D eigenvalue weighted by atomic mass is 19.1. The number of benzene rings is 2. The van der Waals surface area contributed by atoms with Gasteiger partial charge < -0.3 is 31.1 Å². The Labute approximate surface area is 217 Å². The van der Waals surface area contributed by atoms with Gasteiger partial charge in [-0.05, 0) is 67.7 Å². The lowest BCUT2D eigenvalue weighted by atomic mass is 9.59. The number of hydrogen-bond donors (Lipinski definition) is 5. The van der Waals surface area contributed by atoms with Crippen molar-refractivity contribution in [2.45, 2.75) is 31.4 Å². The van der Waals surface area contributed by atoms with Gasteiger partial charge in [-0.3, -0.25) is 14.4 Å². The third kappa shape index (κ3) is 3.63. The van der Waals surface area contributed by atoms with E-state index < -0.39 is 52.0 Å². The fourth-order valence-electron chi connectivity index (χ4n) is 6.10. The average molecular weight is 523 g/mol. The number of aliphatic hydroxyl groups excluding tert-OH is 2. The second kappa shape index (κ2) is 8.78. The maximum absolute atomic E-state index is 14.5. The molecule has 198 valence electrons. The highest BCUT2D eigenvalue weighted by Crippen LogP contribution is 2.53. The van der Waals surface area contributed by atoms with Crippen LogP contribution >= 0.6 is 0 Å². The molecule has 1 saturated carbocycles. The predicted octanol–water partition coefficient (Wildman–Crippen LogP) is 2.29. The molecule has 2 aromatic rings. The monoisotopic (exact) mass is 522 g/mol. The zero-order chi connectivity index (χ0) is 27.7. The van der Waals surface area contributed by atoms with Crippen LogP contribution in [0.1, 0.15) is 29.5 Å². The van der Waals surface area contributed by atoms with Gasteiger partial charge in [-0.25, -0.2) is 4.39 Å². The van der Waals surface area contributed by atoms with Gasteiger partial charge in [0.25, 0.3) is 5.91 Å². The molecule has 2 aromatic carbocycles. The van der Waals surface area contributed by atoms with Crippen LogP contribution in [0.15, 0.2) is 47.2 Å². The lowest BCUT2D eigenvalue weighted by molar-refractivity contribution is -0.147. The molecule has 0 aliphatic heterocycles. The Morgan fingerprint density at radius 3 is 2.50 bits per heavy atom. The Balaban J connectivity index is 1.67. The predicted molar refractivity (Wildman–Crippen MR) is 134 cm³/mol. The molecule has 1 amide bonds. The normalized spacial score (nSPS) is 24.9. The molecule has 3 atom stereocenters. The van der Waals surface area contributed by atoms with Crippen molar-refractivity contribution in [3.05, 3.63) is 69.7 Å². The Hall–Kier alpha value is -4.02. The quantitative estimate of drug-likeness (QED) is 0.382. The van der Waals surface area contributed by atoms with E-state index in [1.807, 2.05) is 19.0 Å². The fraction of sp³-hybridized carbons (Fsp3) is 0.321. The molecule has 0 radical (unpaired) electrons. The number of aromatic hydroxyl groups is 1. The van der Waals surface area contributed by atoms with Crippen molar-refractivity contribution in [1.29, 1.82) is 0 Å². The number of carbonyl (C=O) groups is 3. The molecule has 38 heavy (non-hydrogen) atoms. The van der Waals surface area contributed by atoms with Crippen molar-refractivity contribution >= 4 is 23.2 Å². The SMILES string of the molecule is CN(C)Cc1cc(-c2ccc(O)c3c2C[C@H]2C[C@H]4CC(=O)C(C(N)=O)=C(O)[C@@]4(O)C(=O)C2=C3O)ccc1F. The van der Waals surface area contributed by atoms with Crippen LogP contribution < -0.4 is 5.73 Å². The van der Waals surface area contributed by atoms with E-state index in [1.165, 1.54) is 12.1 Å². The first-order valence-electron chi connectivity index (χ1n) is 12.1. The average Bonchev–Trinajstić information content (AvgIpc) is 2.82. The van der Waals surface area contributed by atoms with Crippen LogP contribution in [0.5, 0.6) is 5.75 Å². The van der Waals surface area contributed by atoms with Gasteiger partial charge in [-0.15, -0.1) is 0 Å². The van der Waals surface area contributed by atoms with E-state index in [1.54, 1.807) is 18.2 Å². The number of rotatable bonds is 4. The number of nitrogens with zero attached hydrogens (tertiary/aromatic N) is 1. The molecular formula is C28H27FN2O7. The summed E-state index contributed by atoms with van der Waals surface area (Å²) in [6.45, 7) is 0.352. The van der Waals surface area contributed by atoms with Gasteiger partial charge >= 0.3 is 0 Å². The van der Waals surface area contributed by atoms with E-state index >= 15 is 0 Å². The van der Waals surface area contributed by atoms with E-state index in [4.69, 9.17) is 5.73 Å². The summed E-state index contributed by atoms with van der Waals surface area (Å²) in [5, 5.41) is 44.0. The van der Waals surface area contributed by atoms with Crippen LogP contribution in [-0.4, -0.2) is 62.5 Å². The molecule has 5 rings (SSSR count). The van der Waals surface area contributed by atoms with Gasteiger partial charge in [0.05, 0.1) is 5.56 Å². The molecule has 0 aromatic heterocycles. The fourth-order valence-corrected chi connectivity index (χ4v) is 6.10. The van der Waals surface area contributed by atoms with Crippen LogP contribution in [-0.2, 0) is 27.3 Å². The number of phenols is 1. The zero-order valence-electron chi connectivity index (χ0n) is 20.8. The summed E-state index contributed by atoms with van der Waals surface area (Å²) >= 11 is 0. The molecule has 0 spiro atoms. The van der Waals surface area contributed by atoms with Gasteiger partial charge in [-0.1, -0.05) is 12.1 Å². The highest BCUT2D eigenvalue weighted by Gasteiger charge is 2.60. The van der Waals surface area contributed by atoms with Crippen LogP contribution in [0.2, 0.25) is 0 Å². The third-order valence-corrected chi connectivity index (χ3v) is 7.79. The summed E-state index contributed by atoms with van der Waals surface area (Å²) in [6.07, 6.45) is -0.188. The molecule has 0 unspecified atom stereocenters. The summed E-state index contributed by atoms with van der Waals surface area (Å²) in [5.41, 5.74) is 3.81. The van der Waals surface area contributed by atoms with Crippen molar-refractivity contribution in [2.75, 3.05) is 14.1 Å². The Morgan fingerprint density at radius 2 is 1.84 bits per heavy atom. The standard InChI is InChI=1S/C28H27FN2O7/c1-31(2)11-14-7-12(3-5-18(14)29)16-4-6-19(32)22-17(16)9-13-8-15-10-20(33)23(27(30)37)26(36)28(15,38)25(35)21(13)24(22)34/h3-7,13,15,32,34,36,38H,8-11H2,1-2H3,(H2,30,37)/t13-,15+,28+/m1/s1. The van der Waals surface area contributed by atoms with E-state index in [0.29, 0.717) is 28.8 Å². The van der Waals surface area contributed by atoms with Crippen LogP contribution in [0.4, 0.5) is 4.39 Å². The minimum absolute atomic E-state index is 0.00638. The van der Waals surface area contributed by atoms with E-state index in [-0.39, 0.29) is 42.0 Å². The summed E-state index contributed by atoms with van der Waals surface area (Å²) in [4.78, 5) is 39.7. The smallest absolute Gasteiger partial charge is 0.255 e. The van der Waals surface area contributed by atoms with Crippen LogP contribution in [0.25, 0.3) is 16.9 Å². The number of amides is 1. The lowest BCUT2D eigenvalue weighted by Gasteiger charge is -2.46. The molecule has 3 aliphatic carbocycles. The second-order valence-electron chi connectivity index (χ2n) is 10.4. The molecule has 0 bridgehead atoms. The van der Waals surface area contributed by atoms with Gasteiger partial charge in [-0.2, -0.15) is 0 Å². The number of fused-ring (bicyclic) bond motifs is 3. The number of carbonyl (C=O) groups excluding carboxylic acids is 3. The van der Waals surface area contributed by atoms with Crippen LogP contribution in [0, 0.1) is 17.7 Å². The first-order valence-corrected chi connectivity index (χ1v) is 12.1. The maximum Gasteiger partial charge on any atom is 0.255 e. The number of phenolic OH excluding ortho intramolecular Hbond substituents is 1. The minimum atomic E-state index is -2.61. The summed E-state index contributed by atoms with van der Waals surface area (Å²) < 4.78 is 14.5. The Kier molecular flexibility index (Phi) is 5.92. The molecule has 0 saturated heterocycles. The number of nitrogens with two attached hydrogens (primary N) is 1. The topological polar surface area (TPSA) is 161 Å². The second-order valence-corrected chi connectivity index (χ2v) is 10.4. The Morgan fingerprint density at radius 1 is 1.13 bits per heavy atom. The molecule has 3 aliphatic rings. The van der Waals surface area contributed by atoms with E-state index in [2.05, 4.69) is 0 Å². The van der Waals surface area contributed by atoms with Gasteiger partial charge in [0.1, 0.15) is 28.7 Å². The summed E-state index contributed by atoms with van der Waals surface area (Å²) in [5.74, 6) is -7.15. The van der Waals surface area contributed by atoms with Gasteiger partial charge in [0.2, 0.25) is 5.78 Å². The maximum atomic E-state index is 14.5. The number of hydrogen-bond acceptors (Lipinski definition) is 8. The lowest BCUT2D eigenvalue weighted by Crippen LogP contribution is -2.58. The molecule has 10 heteroatoms. The third-order valence-electron chi connectivity index (χ3n) is 7.79. The summed E-state index contributed by atoms with van der Waals surface area (Å²) in [7, 11) is 3.63. The zero-order valence-corrected chi connectivity index (χ0v) is 20.8. The highest BCUT2D eigenvalue weighted by molar-refractivity contribution is 6.22. The first-order chi connectivity index (χ1) is 17.9. The number of ketones is 2. The van der Waals surface area contributed by atoms with Crippen LogP contribution in [0.3, 0.4) is 0 Å². The van der Waals surface area contributed by atoms with Crippen molar-refractivity contribution in [3.63, 3.8) is 0 Å². The largest absolute Gasteiger partial charge is 0.508 e. The van der Waals surface area contributed by atoms with Gasteiger partial charge in [0, 0.05) is 30.0 Å². The minimum Gasteiger partial charge on any atom is -0.508 e. The molecule has 9 nitrogen and oxygen atoms in total. The molecular weight excluding hydrogens is 495 g/mol. The van der Waals surface area contributed by atoms with Crippen molar-refractivity contribution in [1.82, 2.24) is 4.90 Å². The van der Waals surface area contributed by atoms with Crippen molar-refractivity contribution in [2.24, 2.45) is 17.6 Å². The van der Waals surface area contributed by atoms with E-state index in [0.717, 1.165) is 0 Å². The molecule has 0 heterocycles.